The van der Waals surface area contributed by atoms with E-state index >= 15 is 0 Å². The van der Waals surface area contributed by atoms with Gasteiger partial charge >= 0.3 is 0 Å². The summed E-state index contributed by atoms with van der Waals surface area (Å²) < 4.78 is 5.93. The summed E-state index contributed by atoms with van der Waals surface area (Å²) in [5.74, 6) is 1.07. The zero-order valence-corrected chi connectivity index (χ0v) is 15.6. The van der Waals surface area contributed by atoms with Crippen molar-refractivity contribution in [2.24, 2.45) is 0 Å². The predicted molar refractivity (Wildman–Crippen MR) is 102 cm³/mol. The number of aromatic nitrogens is 2. The van der Waals surface area contributed by atoms with Crippen molar-refractivity contribution in [3.05, 3.63) is 35.9 Å². The molecule has 2 saturated heterocycles. The average Bonchev–Trinajstić information content (AvgIpc) is 2.67. The zero-order valence-electron chi connectivity index (χ0n) is 15.6. The van der Waals surface area contributed by atoms with Crippen LogP contribution in [0.1, 0.15) is 18.9 Å². The number of carbonyl (C=O) groups excluding carboxylic acids is 1. The van der Waals surface area contributed by atoms with Crippen LogP contribution in [0.2, 0.25) is 0 Å². The number of phenols is 1. The standard InChI is InChI=1S/C20H24N4O3/c1-13-4-3-5-17(26)20(13)15-6-7-19(22-21-15)24-10-11-27-18-8-9-23(14(2)25)12-16(18)24/h3-7,16,18,26H,8-12H2,1-2H3/t16-,18+/m0/s1. The Balaban J connectivity index is 1.60. The van der Waals surface area contributed by atoms with Crippen LogP contribution in [-0.4, -0.2) is 64.5 Å². The van der Waals surface area contributed by atoms with E-state index in [2.05, 4.69) is 15.1 Å². The minimum Gasteiger partial charge on any atom is -0.507 e. The van der Waals surface area contributed by atoms with Gasteiger partial charge in [-0.3, -0.25) is 4.79 Å². The molecule has 27 heavy (non-hydrogen) atoms. The lowest BCUT2D eigenvalue weighted by Gasteiger charge is -2.47. The van der Waals surface area contributed by atoms with E-state index in [4.69, 9.17) is 4.74 Å². The molecule has 7 nitrogen and oxygen atoms in total. The van der Waals surface area contributed by atoms with Gasteiger partial charge in [0.1, 0.15) is 5.75 Å². The lowest BCUT2D eigenvalue weighted by atomic mass is 9.98. The summed E-state index contributed by atoms with van der Waals surface area (Å²) >= 11 is 0. The van der Waals surface area contributed by atoms with Gasteiger partial charge in [0.05, 0.1) is 24.4 Å². The summed E-state index contributed by atoms with van der Waals surface area (Å²) in [5, 5.41) is 19.0. The second kappa shape index (κ2) is 7.15. The number of morpholine rings is 1. The third-order valence-electron chi connectivity index (χ3n) is 5.48. The first-order valence-corrected chi connectivity index (χ1v) is 9.31. The fraction of sp³-hybridized carbons (Fsp3) is 0.450. The molecule has 2 aliphatic rings. The second-order valence-electron chi connectivity index (χ2n) is 7.17. The van der Waals surface area contributed by atoms with Crippen LogP contribution in [0.25, 0.3) is 11.3 Å². The van der Waals surface area contributed by atoms with E-state index in [9.17, 15) is 9.90 Å². The number of carbonyl (C=O) groups is 1. The van der Waals surface area contributed by atoms with E-state index in [1.807, 2.05) is 36.1 Å². The summed E-state index contributed by atoms with van der Waals surface area (Å²) in [4.78, 5) is 15.9. The quantitative estimate of drug-likeness (QED) is 0.873. The van der Waals surface area contributed by atoms with Crippen LogP contribution in [0.4, 0.5) is 5.82 Å². The molecule has 0 saturated carbocycles. The molecule has 1 N–H and O–H groups in total. The Morgan fingerprint density at radius 2 is 2.07 bits per heavy atom. The summed E-state index contributed by atoms with van der Waals surface area (Å²) in [6.45, 7) is 6.29. The number of aryl methyl sites for hydroxylation is 1. The van der Waals surface area contributed by atoms with Gasteiger partial charge in [-0.1, -0.05) is 12.1 Å². The number of fused-ring (bicyclic) bond motifs is 1. The molecule has 1 aromatic carbocycles. The maximum atomic E-state index is 11.8. The summed E-state index contributed by atoms with van der Waals surface area (Å²) in [5.41, 5.74) is 2.30. The molecule has 2 aliphatic heterocycles. The number of nitrogens with zero attached hydrogens (tertiary/aromatic N) is 4. The topological polar surface area (TPSA) is 78.8 Å². The van der Waals surface area contributed by atoms with Crippen molar-refractivity contribution in [2.75, 3.05) is 31.1 Å². The van der Waals surface area contributed by atoms with Crippen LogP contribution >= 0.6 is 0 Å². The van der Waals surface area contributed by atoms with Crippen molar-refractivity contribution in [3.63, 3.8) is 0 Å². The van der Waals surface area contributed by atoms with Crippen LogP contribution in [0.3, 0.4) is 0 Å². The lowest BCUT2D eigenvalue weighted by Crippen LogP contribution is -2.61. The lowest BCUT2D eigenvalue weighted by molar-refractivity contribution is -0.132. The second-order valence-corrected chi connectivity index (χ2v) is 7.17. The van der Waals surface area contributed by atoms with Crippen molar-refractivity contribution < 1.29 is 14.6 Å². The smallest absolute Gasteiger partial charge is 0.219 e. The zero-order chi connectivity index (χ0) is 19.0. The minimum absolute atomic E-state index is 0.0865. The SMILES string of the molecule is CC(=O)N1CC[C@H]2OCCN(c3ccc(-c4c(C)cccc4O)nn3)[C@H]2C1. The van der Waals surface area contributed by atoms with E-state index in [0.29, 0.717) is 24.4 Å². The van der Waals surface area contributed by atoms with Crippen molar-refractivity contribution in [1.82, 2.24) is 15.1 Å². The van der Waals surface area contributed by atoms with Crippen LogP contribution in [0.15, 0.2) is 30.3 Å². The summed E-state index contributed by atoms with van der Waals surface area (Å²) in [6.07, 6.45) is 0.944. The highest BCUT2D eigenvalue weighted by Gasteiger charge is 2.38. The van der Waals surface area contributed by atoms with E-state index in [1.165, 1.54) is 0 Å². The molecule has 1 aromatic heterocycles. The number of rotatable bonds is 2. The fourth-order valence-corrected chi connectivity index (χ4v) is 4.04. The molecule has 0 aliphatic carbocycles. The van der Waals surface area contributed by atoms with Gasteiger partial charge in [-0.2, -0.15) is 0 Å². The van der Waals surface area contributed by atoms with Crippen molar-refractivity contribution in [3.8, 4) is 17.0 Å². The third kappa shape index (κ3) is 3.35. The molecule has 2 atom stereocenters. The van der Waals surface area contributed by atoms with E-state index in [1.54, 1.807) is 13.0 Å². The molecular formula is C20H24N4O3. The number of piperidine rings is 1. The maximum Gasteiger partial charge on any atom is 0.219 e. The Labute approximate surface area is 158 Å². The predicted octanol–water partition coefficient (Wildman–Crippen LogP) is 1.98. The number of aromatic hydroxyl groups is 1. The number of hydrogen-bond donors (Lipinski definition) is 1. The number of benzene rings is 1. The Morgan fingerprint density at radius 1 is 1.22 bits per heavy atom. The van der Waals surface area contributed by atoms with Crippen molar-refractivity contribution >= 4 is 11.7 Å². The third-order valence-corrected chi connectivity index (χ3v) is 5.48. The van der Waals surface area contributed by atoms with Crippen LogP contribution in [0.5, 0.6) is 5.75 Å². The highest BCUT2D eigenvalue weighted by atomic mass is 16.5. The van der Waals surface area contributed by atoms with Crippen molar-refractivity contribution in [1.29, 1.82) is 0 Å². The van der Waals surface area contributed by atoms with Gasteiger partial charge in [0.25, 0.3) is 0 Å². The number of phenolic OH excluding ortho intramolecular Hbond substituents is 1. The molecule has 0 radical (unpaired) electrons. The number of likely N-dealkylation sites (tertiary alicyclic amines) is 1. The monoisotopic (exact) mass is 368 g/mol. The number of amides is 1. The van der Waals surface area contributed by atoms with Gasteiger partial charge in [-0.05, 0) is 37.1 Å². The molecule has 142 valence electrons. The molecule has 0 bridgehead atoms. The van der Waals surface area contributed by atoms with Gasteiger partial charge in [0.15, 0.2) is 5.82 Å². The van der Waals surface area contributed by atoms with E-state index in [0.717, 1.165) is 30.9 Å². The van der Waals surface area contributed by atoms with Gasteiger partial charge in [-0.15, -0.1) is 10.2 Å². The Bertz CT molecular complexity index is 819. The first-order chi connectivity index (χ1) is 13.0. The molecule has 2 aromatic rings. The number of hydrogen-bond acceptors (Lipinski definition) is 6. The van der Waals surface area contributed by atoms with Gasteiger partial charge in [0, 0.05) is 32.1 Å². The molecule has 1 amide bonds. The maximum absolute atomic E-state index is 11.8. The summed E-state index contributed by atoms with van der Waals surface area (Å²) in [7, 11) is 0. The molecule has 7 heteroatoms. The molecule has 4 rings (SSSR count). The largest absolute Gasteiger partial charge is 0.507 e. The van der Waals surface area contributed by atoms with E-state index < -0.39 is 0 Å². The van der Waals surface area contributed by atoms with E-state index in [-0.39, 0.29) is 23.8 Å². The first-order valence-electron chi connectivity index (χ1n) is 9.31. The number of anilines is 1. The molecule has 2 fully saturated rings. The highest BCUT2D eigenvalue weighted by molar-refractivity contribution is 5.73. The van der Waals surface area contributed by atoms with Gasteiger partial charge < -0.3 is 19.6 Å². The highest BCUT2D eigenvalue weighted by Crippen LogP contribution is 2.32. The van der Waals surface area contributed by atoms with Crippen molar-refractivity contribution in [2.45, 2.75) is 32.4 Å². The molecule has 0 spiro atoms. The fourth-order valence-electron chi connectivity index (χ4n) is 4.04. The molecule has 0 unspecified atom stereocenters. The minimum atomic E-state index is 0.0865. The summed E-state index contributed by atoms with van der Waals surface area (Å²) in [6, 6.07) is 9.32. The molecule has 3 heterocycles. The molecular weight excluding hydrogens is 344 g/mol. The van der Waals surface area contributed by atoms with Crippen LogP contribution < -0.4 is 4.90 Å². The number of ether oxygens (including phenoxy) is 1. The Hall–Kier alpha value is -2.67. The Morgan fingerprint density at radius 3 is 2.78 bits per heavy atom. The first kappa shape index (κ1) is 17.7. The normalized spacial score (nSPS) is 22.4. The average molecular weight is 368 g/mol. The van der Waals surface area contributed by atoms with Crippen LogP contribution in [0, 0.1) is 6.92 Å². The van der Waals surface area contributed by atoms with Gasteiger partial charge in [0.2, 0.25) is 5.91 Å². The van der Waals surface area contributed by atoms with Crippen LogP contribution in [-0.2, 0) is 9.53 Å². The van der Waals surface area contributed by atoms with Gasteiger partial charge in [-0.25, -0.2) is 0 Å². The Kier molecular flexibility index (Phi) is 4.70.